The number of aromatic nitrogens is 3. The number of fused-ring (bicyclic) bond motifs is 1. The van der Waals surface area contributed by atoms with E-state index in [0.717, 1.165) is 46.8 Å². The summed E-state index contributed by atoms with van der Waals surface area (Å²) in [5.41, 5.74) is 3.27. The van der Waals surface area contributed by atoms with E-state index in [4.69, 9.17) is 18.9 Å². The van der Waals surface area contributed by atoms with Gasteiger partial charge in [-0.1, -0.05) is 19.1 Å². The van der Waals surface area contributed by atoms with Gasteiger partial charge in [0.25, 0.3) is 0 Å². The summed E-state index contributed by atoms with van der Waals surface area (Å²) in [5, 5.41) is 0.451. The first kappa shape index (κ1) is 23.7. The zero-order chi connectivity index (χ0) is 23.6. The van der Waals surface area contributed by atoms with Crippen molar-refractivity contribution in [3.63, 3.8) is 0 Å². The van der Waals surface area contributed by atoms with Crippen LogP contribution in [0.1, 0.15) is 31.0 Å². The molecule has 182 valence electrons. The molecule has 3 aromatic rings. The third-order valence-corrected chi connectivity index (χ3v) is 8.72. The number of hydrogen-bond acceptors (Lipinski definition) is 8. The highest BCUT2D eigenvalue weighted by molar-refractivity contribution is 8.00. The maximum Gasteiger partial charge on any atom is 0.197 e. The monoisotopic (exact) mass is 503 g/mol. The zero-order valence-corrected chi connectivity index (χ0v) is 21.0. The Labute approximate surface area is 205 Å². The summed E-state index contributed by atoms with van der Waals surface area (Å²) in [6, 6.07) is 9.48. The van der Waals surface area contributed by atoms with Crippen molar-refractivity contribution in [3.05, 3.63) is 47.8 Å². The molecule has 1 aromatic carbocycles. The Morgan fingerprint density at radius 3 is 2.76 bits per heavy atom. The number of imidazole rings is 1. The normalized spacial score (nSPS) is 25.7. The number of hydrogen-bond donors (Lipinski definition) is 1. The summed E-state index contributed by atoms with van der Waals surface area (Å²) in [6.45, 7) is 6.23. The van der Waals surface area contributed by atoms with Gasteiger partial charge < -0.3 is 23.9 Å². The van der Waals surface area contributed by atoms with Crippen LogP contribution in [0.5, 0.6) is 5.75 Å². The molecule has 2 saturated heterocycles. The second kappa shape index (κ2) is 9.94. The third-order valence-electron chi connectivity index (χ3n) is 6.31. The molecular weight excluding hydrogens is 474 g/mol. The van der Waals surface area contributed by atoms with Crippen molar-refractivity contribution >= 4 is 33.6 Å². The van der Waals surface area contributed by atoms with Gasteiger partial charge in [0.15, 0.2) is 15.9 Å². The van der Waals surface area contributed by atoms with Gasteiger partial charge in [-0.15, -0.1) is 11.8 Å². The number of ether oxygens (including phenoxy) is 4. The van der Waals surface area contributed by atoms with Crippen molar-refractivity contribution in [1.82, 2.24) is 15.0 Å². The van der Waals surface area contributed by atoms with E-state index in [2.05, 4.69) is 21.9 Å². The molecular formula is C24H29N3O5S2. The van der Waals surface area contributed by atoms with Crippen molar-refractivity contribution < 1.29 is 23.2 Å². The number of aromatic amines is 1. The Balaban J connectivity index is 1.20. The first-order valence-electron chi connectivity index (χ1n) is 11.5. The maximum atomic E-state index is 12.9. The zero-order valence-electron chi connectivity index (χ0n) is 19.4. The number of H-pyrrole nitrogens is 1. The summed E-state index contributed by atoms with van der Waals surface area (Å²) in [6.07, 6.45) is 3.02. The summed E-state index contributed by atoms with van der Waals surface area (Å²) >= 11 is 1.76. The Morgan fingerprint density at radius 1 is 1.21 bits per heavy atom. The van der Waals surface area contributed by atoms with Gasteiger partial charge in [0.05, 0.1) is 59.7 Å². The first-order chi connectivity index (χ1) is 16.5. The molecule has 0 radical (unpaired) electrons. The van der Waals surface area contributed by atoms with Crippen LogP contribution < -0.4 is 4.74 Å². The summed E-state index contributed by atoms with van der Waals surface area (Å²) < 4.78 is 37.2. The second-order valence-corrected chi connectivity index (χ2v) is 11.3. The molecule has 0 aliphatic carbocycles. The van der Waals surface area contributed by atoms with E-state index in [0.29, 0.717) is 31.4 Å². The van der Waals surface area contributed by atoms with Gasteiger partial charge in [-0.2, -0.15) is 0 Å². The van der Waals surface area contributed by atoms with Gasteiger partial charge in [0.1, 0.15) is 5.75 Å². The third kappa shape index (κ3) is 4.87. The molecule has 2 fully saturated rings. The Morgan fingerprint density at radius 2 is 2.03 bits per heavy atom. The molecule has 2 aliphatic rings. The number of benzene rings is 1. The standard InChI is InChI=1S/C24H29N3O5S2/c1-3-23(31-15-24(16-32-23)30-12-13-33-24)9-11-29-21-8-10-25-20(17(21)2)14-34(28)22-26-18-6-4-5-7-19(18)27-22/h4-8,10H,3,9,11-16H2,1-2H3,(H,26,27). The number of nitrogens with zero attached hydrogens (tertiary/aromatic N) is 2. The van der Waals surface area contributed by atoms with E-state index < -0.39 is 16.6 Å². The first-order valence-corrected chi connectivity index (χ1v) is 13.8. The van der Waals surface area contributed by atoms with Crippen LogP contribution >= 0.6 is 11.8 Å². The number of thioether (sulfide) groups is 1. The predicted molar refractivity (Wildman–Crippen MR) is 131 cm³/mol. The van der Waals surface area contributed by atoms with E-state index in [1.165, 1.54) is 0 Å². The number of nitrogens with one attached hydrogen (secondary N) is 1. The van der Waals surface area contributed by atoms with Crippen LogP contribution in [0.25, 0.3) is 11.0 Å². The summed E-state index contributed by atoms with van der Waals surface area (Å²) in [5.74, 6) is 1.29. The molecule has 0 bridgehead atoms. The summed E-state index contributed by atoms with van der Waals surface area (Å²) in [4.78, 5) is 11.7. The highest BCUT2D eigenvalue weighted by Crippen LogP contribution is 2.41. The lowest BCUT2D eigenvalue weighted by molar-refractivity contribution is -0.308. The molecule has 1 unspecified atom stereocenters. The minimum atomic E-state index is -1.35. The molecule has 8 nitrogen and oxygen atoms in total. The lowest BCUT2D eigenvalue weighted by atomic mass is 10.1. The van der Waals surface area contributed by atoms with Gasteiger partial charge in [0.2, 0.25) is 0 Å². The van der Waals surface area contributed by atoms with E-state index in [1.54, 1.807) is 18.0 Å². The van der Waals surface area contributed by atoms with Gasteiger partial charge in [-0.05, 0) is 31.5 Å². The largest absolute Gasteiger partial charge is 0.493 e. The topological polar surface area (TPSA) is 95.6 Å². The molecule has 10 heteroatoms. The molecule has 2 aromatic heterocycles. The Bertz CT molecular complexity index is 1140. The lowest BCUT2D eigenvalue weighted by Crippen LogP contribution is -2.52. The van der Waals surface area contributed by atoms with Crippen molar-refractivity contribution in [2.24, 2.45) is 0 Å². The van der Waals surface area contributed by atoms with Crippen LogP contribution in [0, 0.1) is 6.92 Å². The van der Waals surface area contributed by atoms with Crippen molar-refractivity contribution in [3.8, 4) is 5.75 Å². The molecule has 0 saturated carbocycles. The predicted octanol–water partition coefficient (Wildman–Crippen LogP) is 3.96. The quantitative estimate of drug-likeness (QED) is 0.494. The van der Waals surface area contributed by atoms with Gasteiger partial charge in [-0.25, -0.2) is 4.98 Å². The fourth-order valence-electron chi connectivity index (χ4n) is 4.16. The van der Waals surface area contributed by atoms with Crippen LogP contribution in [-0.2, 0) is 30.8 Å². The Hall–Kier alpha value is -1.98. The van der Waals surface area contributed by atoms with E-state index >= 15 is 0 Å². The molecule has 2 aliphatic heterocycles. The maximum absolute atomic E-state index is 12.9. The van der Waals surface area contributed by atoms with Gasteiger partial charge >= 0.3 is 0 Å². The van der Waals surface area contributed by atoms with Crippen LogP contribution in [0.3, 0.4) is 0 Å². The van der Waals surface area contributed by atoms with Crippen LogP contribution in [0.2, 0.25) is 0 Å². The van der Waals surface area contributed by atoms with Crippen molar-refractivity contribution in [1.29, 1.82) is 0 Å². The average molecular weight is 504 g/mol. The SMILES string of the molecule is CCC1(CCOc2ccnc(CS(=O)c3nc4ccccc4[nH]3)c2C)OCC2(CO1)OCCS2. The smallest absolute Gasteiger partial charge is 0.197 e. The number of rotatable bonds is 8. The fraction of sp³-hybridized carbons (Fsp3) is 0.500. The number of para-hydroxylation sites is 2. The summed E-state index contributed by atoms with van der Waals surface area (Å²) in [7, 11) is -1.35. The van der Waals surface area contributed by atoms with E-state index in [-0.39, 0.29) is 10.7 Å². The Kier molecular flexibility index (Phi) is 6.95. The molecule has 34 heavy (non-hydrogen) atoms. The molecule has 4 heterocycles. The average Bonchev–Trinajstić information content (AvgIpc) is 3.50. The van der Waals surface area contributed by atoms with Crippen molar-refractivity contribution in [2.75, 3.05) is 32.2 Å². The second-order valence-electron chi connectivity index (χ2n) is 8.48. The molecule has 1 spiro atoms. The van der Waals surface area contributed by atoms with Crippen LogP contribution in [0.4, 0.5) is 0 Å². The van der Waals surface area contributed by atoms with Crippen molar-refractivity contribution in [2.45, 2.75) is 48.3 Å². The fourth-order valence-corrected chi connectivity index (χ4v) is 6.25. The molecule has 5 rings (SSSR count). The van der Waals surface area contributed by atoms with E-state index in [9.17, 15) is 4.21 Å². The lowest BCUT2D eigenvalue weighted by Gasteiger charge is -2.43. The minimum absolute atomic E-state index is 0.258. The van der Waals surface area contributed by atoms with Gasteiger partial charge in [0, 0.05) is 23.9 Å². The van der Waals surface area contributed by atoms with Crippen LogP contribution in [-0.4, -0.2) is 62.1 Å². The highest BCUT2D eigenvalue weighted by atomic mass is 32.2. The number of pyridine rings is 1. The van der Waals surface area contributed by atoms with Gasteiger partial charge in [-0.3, -0.25) is 9.19 Å². The van der Waals surface area contributed by atoms with Crippen LogP contribution in [0.15, 0.2) is 41.7 Å². The molecule has 1 atom stereocenters. The van der Waals surface area contributed by atoms with E-state index in [1.807, 2.05) is 37.3 Å². The molecule has 1 N–H and O–H groups in total. The minimum Gasteiger partial charge on any atom is -0.493 e. The molecule has 0 amide bonds. The highest BCUT2D eigenvalue weighted by Gasteiger charge is 2.47.